The Morgan fingerprint density at radius 3 is 2.95 bits per heavy atom. The van der Waals surface area contributed by atoms with Gasteiger partial charge in [-0.15, -0.1) is 0 Å². The Kier molecular flexibility index (Phi) is 4.53. The summed E-state index contributed by atoms with van der Waals surface area (Å²) in [4.78, 5) is 12.0. The van der Waals surface area contributed by atoms with Crippen molar-refractivity contribution in [3.8, 4) is 11.8 Å². The smallest absolute Gasteiger partial charge is 0.251 e. The number of carbonyl (C=O) groups is 1. The van der Waals surface area contributed by atoms with E-state index in [1.54, 1.807) is 18.2 Å². The summed E-state index contributed by atoms with van der Waals surface area (Å²) in [6, 6.07) is 7.07. The Morgan fingerprint density at radius 1 is 1.45 bits per heavy atom. The standard InChI is InChI=1S/C15H15N3O2/c1-11-9-13(5-4-12(11)3-2-7-16)15(19)17-10-14-6-8-18-20-14/h4-6,8-9H,7,10,16H2,1H3,(H,17,19). The molecule has 2 rings (SSSR count). The van der Waals surface area contributed by atoms with E-state index in [-0.39, 0.29) is 5.91 Å². The molecule has 5 heteroatoms. The maximum absolute atomic E-state index is 12.0. The summed E-state index contributed by atoms with van der Waals surface area (Å²) in [6.45, 7) is 2.54. The minimum absolute atomic E-state index is 0.164. The van der Waals surface area contributed by atoms with Gasteiger partial charge in [0.05, 0.1) is 19.3 Å². The average molecular weight is 269 g/mol. The fourth-order valence-electron chi connectivity index (χ4n) is 1.69. The third-order valence-corrected chi connectivity index (χ3v) is 2.73. The van der Waals surface area contributed by atoms with Crippen LogP contribution in [0.4, 0.5) is 0 Å². The molecule has 0 aliphatic carbocycles. The lowest BCUT2D eigenvalue weighted by Gasteiger charge is -2.05. The van der Waals surface area contributed by atoms with Gasteiger partial charge in [0.25, 0.3) is 5.91 Å². The summed E-state index contributed by atoms with van der Waals surface area (Å²) in [6.07, 6.45) is 1.54. The van der Waals surface area contributed by atoms with E-state index in [1.165, 1.54) is 6.20 Å². The molecule has 0 atom stereocenters. The zero-order valence-corrected chi connectivity index (χ0v) is 11.1. The van der Waals surface area contributed by atoms with Crippen molar-refractivity contribution >= 4 is 5.91 Å². The first-order valence-electron chi connectivity index (χ1n) is 6.18. The van der Waals surface area contributed by atoms with E-state index < -0.39 is 0 Å². The number of hydrogen-bond donors (Lipinski definition) is 2. The molecule has 0 aliphatic heterocycles. The van der Waals surface area contributed by atoms with Gasteiger partial charge in [-0.05, 0) is 30.7 Å². The van der Waals surface area contributed by atoms with Crippen molar-refractivity contribution in [3.05, 3.63) is 52.9 Å². The van der Waals surface area contributed by atoms with E-state index in [0.29, 0.717) is 24.4 Å². The molecule has 1 aromatic heterocycles. The van der Waals surface area contributed by atoms with Crippen LogP contribution in [-0.2, 0) is 6.54 Å². The van der Waals surface area contributed by atoms with Crippen LogP contribution >= 0.6 is 0 Å². The molecule has 0 saturated heterocycles. The second kappa shape index (κ2) is 6.55. The van der Waals surface area contributed by atoms with Gasteiger partial charge in [-0.25, -0.2) is 0 Å². The van der Waals surface area contributed by atoms with E-state index in [2.05, 4.69) is 22.3 Å². The highest BCUT2D eigenvalue weighted by molar-refractivity contribution is 5.94. The number of nitrogens with zero attached hydrogens (tertiary/aromatic N) is 1. The summed E-state index contributed by atoms with van der Waals surface area (Å²) in [5, 5.41) is 6.34. The molecule has 0 spiro atoms. The molecule has 1 aromatic carbocycles. The topological polar surface area (TPSA) is 81.2 Å². The highest BCUT2D eigenvalue weighted by Gasteiger charge is 2.08. The second-order valence-corrected chi connectivity index (χ2v) is 4.20. The van der Waals surface area contributed by atoms with Gasteiger partial charge >= 0.3 is 0 Å². The molecule has 102 valence electrons. The minimum Gasteiger partial charge on any atom is -0.360 e. The van der Waals surface area contributed by atoms with Crippen LogP contribution in [0, 0.1) is 18.8 Å². The Bertz CT molecular complexity index is 651. The first kappa shape index (κ1) is 13.8. The summed E-state index contributed by atoms with van der Waals surface area (Å²) < 4.78 is 4.91. The quantitative estimate of drug-likeness (QED) is 0.821. The summed E-state index contributed by atoms with van der Waals surface area (Å²) in [5.41, 5.74) is 7.74. The van der Waals surface area contributed by atoms with Gasteiger partial charge in [-0.2, -0.15) is 0 Å². The second-order valence-electron chi connectivity index (χ2n) is 4.20. The molecule has 0 radical (unpaired) electrons. The van der Waals surface area contributed by atoms with Crippen LogP contribution < -0.4 is 11.1 Å². The average Bonchev–Trinajstić information content (AvgIpc) is 2.96. The van der Waals surface area contributed by atoms with Crippen LogP contribution in [0.25, 0.3) is 0 Å². The molecule has 20 heavy (non-hydrogen) atoms. The Labute approximate surface area is 117 Å². The lowest BCUT2D eigenvalue weighted by Crippen LogP contribution is -2.22. The molecular weight excluding hydrogens is 254 g/mol. The normalized spacial score (nSPS) is 9.70. The van der Waals surface area contributed by atoms with Gasteiger partial charge in [0, 0.05) is 17.2 Å². The number of rotatable bonds is 3. The van der Waals surface area contributed by atoms with Crippen LogP contribution in [0.2, 0.25) is 0 Å². The van der Waals surface area contributed by atoms with Crippen molar-refractivity contribution in [1.82, 2.24) is 10.5 Å². The fourth-order valence-corrected chi connectivity index (χ4v) is 1.69. The number of aromatic nitrogens is 1. The molecule has 1 amide bonds. The summed E-state index contributed by atoms with van der Waals surface area (Å²) in [7, 11) is 0. The zero-order chi connectivity index (χ0) is 14.4. The zero-order valence-electron chi connectivity index (χ0n) is 11.1. The molecule has 0 fully saturated rings. The lowest BCUT2D eigenvalue weighted by atomic mass is 10.0. The SMILES string of the molecule is Cc1cc(C(=O)NCc2ccno2)ccc1C#CCN. The van der Waals surface area contributed by atoms with E-state index in [4.69, 9.17) is 10.3 Å². The molecule has 2 aromatic rings. The first-order chi connectivity index (χ1) is 9.70. The highest BCUT2D eigenvalue weighted by atomic mass is 16.5. The van der Waals surface area contributed by atoms with Crippen molar-refractivity contribution in [3.63, 3.8) is 0 Å². The third kappa shape index (κ3) is 3.46. The van der Waals surface area contributed by atoms with Crippen LogP contribution in [0.3, 0.4) is 0 Å². The number of aryl methyl sites for hydroxylation is 1. The maximum atomic E-state index is 12.0. The Morgan fingerprint density at radius 2 is 2.30 bits per heavy atom. The molecule has 1 heterocycles. The number of nitrogens with two attached hydrogens (primary N) is 1. The number of amides is 1. The molecule has 5 nitrogen and oxygen atoms in total. The van der Waals surface area contributed by atoms with Crippen LogP contribution in [-0.4, -0.2) is 17.6 Å². The lowest BCUT2D eigenvalue weighted by molar-refractivity contribution is 0.0947. The number of hydrogen-bond acceptors (Lipinski definition) is 4. The number of nitrogens with one attached hydrogen (secondary N) is 1. The first-order valence-corrected chi connectivity index (χ1v) is 6.18. The highest BCUT2D eigenvalue weighted by Crippen LogP contribution is 2.10. The Balaban J connectivity index is 2.05. The van der Waals surface area contributed by atoms with Gasteiger partial charge in [0.15, 0.2) is 5.76 Å². The molecule has 0 saturated carbocycles. The number of benzene rings is 1. The molecule has 3 N–H and O–H groups in total. The van der Waals surface area contributed by atoms with Gasteiger partial charge in [-0.1, -0.05) is 17.0 Å². The van der Waals surface area contributed by atoms with Crippen molar-refractivity contribution in [2.24, 2.45) is 5.73 Å². The van der Waals surface area contributed by atoms with Gasteiger partial charge in [-0.3, -0.25) is 4.79 Å². The predicted molar refractivity (Wildman–Crippen MR) is 74.8 cm³/mol. The van der Waals surface area contributed by atoms with Crippen LogP contribution in [0.15, 0.2) is 35.0 Å². The van der Waals surface area contributed by atoms with Crippen molar-refractivity contribution in [2.75, 3.05) is 6.54 Å². The summed E-state index contributed by atoms with van der Waals surface area (Å²) in [5.74, 6) is 6.21. The molecular formula is C15H15N3O2. The largest absolute Gasteiger partial charge is 0.360 e. The van der Waals surface area contributed by atoms with E-state index >= 15 is 0 Å². The van der Waals surface area contributed by atoms with Gasteiger partial charge < -0.3 is 15.6 Å². The molecule has 0 aliphatic rings. The summed E-state index contributed by atoms with van der Waals surface area (Å²) >= 11 is 0. The fraction of sp³-hybridized carbons (Fsp3) is 0.200. The van der Waals surface area contributed by atoms with E-state index in [0.717, 1.165) is 11.1 Å². The van der Waals surface area contributed by atoms with Crippen molar-refractivity contribution in [2.45, 2.75) is 13.5 Å². The third-order valence-electron chi connectivity index (χ3n) is 2.73. The maximum Gasteiger partial charge on any atom is 0.251 e. The van der Waals surface area contributed by atoms with Crippen molar-refractivity contribution < 1.29 is 9.32 Å². The molecule has 0 unspecified atom stereocenters. The van der Waals surface area contributed by atoms with E-state index in [1.807, 2.05) is 13.0 Å². The number of carbonyl (C=O) groups excluding carboxylic acids is 1. The van der Waals surface area contributed by atoms with Gasteiger partial charge in [0.2, 0.25) is 0 Å². The predicted octanol–water partition coefficient (Wildman–Crippen LogP) is 1.22. The van der Waals surface area contributed by atoms with E-state index in [9.17, 15) is 4.79 Å². The van der Waals surface area contributed by atoms with Gasteiger partial charge in [0.1, 0.15) is 0 Å². The van der Waals surface area contributed by atoms with Crippen LogP contribution in [0.1, 0.15) is 27.2 Å². The van der Waals surface area contributed by atoms with Crippen LogP contribution in [0.5, 0.6) is 0 Å². The molecule has 0 bridgehead atoms. The minimum atomic E-state index is -0.164. The van der Waals surface area contributed by atoms with Crippen molar-refractivity contribution in [1.29, 1.82) is 0 Å². The monoisotopic (exact) mass is 269 g/mol. The Hall–Kier alpha value is -2.58.